The largest absolute Gasteiger partial charge is 0.355 e. The first-order valence-electron chi connectivity index (χ1n) is 13.8. The van der Waals surface area contributed by atoms with Crippen LogP contribution in [-0.2, 0) is 14.8 Å². The third-order valence-corrected chi connectivity index (χ3v) is 10.3. The van der Waals surface area contributed by atoms with E-state index in [1.807, 2.05) is 4.90 Å². The zero-order chi connectivity index (χ0) is 26.7. The van der Waals surface area contributed by atoms with Crippen LogP contribution in [0, 0.1) is 18.7 Å². The van der Waals surface area contributed by atoms with Crippen LogP contribution in [0.1, 0.15) is 62.0 Å². The first-order chi connectivity index (χ1) is 18.3. The molecule has 0 N–H and O–H groups in total. The number of likely N-dealkylation sites (tertiary alicyclic amines) is 2. The lowest BCUT2D eigenvalue weighted by Crippen LogP contribution is -2.50. The summed E-state index contributed by atoms with van der Waals surface area (Å²) in [5, 5.41) is 3.87. The minimum atomic E-state index is -3.89. The second kappa shape index (κ2) is 11.7. The van der Waals surface area contributed by atoms with Gasteiger partial charge in [-0.1, -0.05) is 29.8 Å². The van der Waals surface area contributed by atoms with Gasteiger partial charge in [-0.15, -0.1) is 0 Å². The molecule has 8 nitrogen and oxygen atoms in total. The van der Waals surface area contributed by atoms with Crippen LogP contribution in [0.25, 0.3) is 12.2 Å². The number of hydrogen-bond donors (Lipinski definition) is 0. The van der Waals surface area contributed by atoms with E-state index in [0.29, 0.717) is 24.4 Å². The van der Waals surface area contributed by atoms with Gasteiger partial charge in [0.15, 0.2) is 10.7 Å². The second-order valence-corrected chi connectivity index (χ2v) is 12.5. The number of rotatable bonds is 6. The first kappa shape index (κ1) is 27.0. The maximum Gasteiger partial charge on any atom is 0.248 e. The summed E-state index contributed by atoms with van der Waals surface area (Å²) < 4.78 is 47.8. The Morgan fingerprint density at radius 1 is 0.974 bits per heavy atom. The zero-order valence-electron chi connectivity index (χ0n) is 22.0. The molecule has 3 aliphatic rings. The Morgan fingerprint density at radius 2 is 1.66 bits per heavy atom. The molecule has 10 heteroatoms. The van der Waals surface area contributed by atoms with Gasteiger partial charge in [0.2, 0.25) is 15.9 Å². The molecule has 2 aromatic rings. The zero-order valence-corrected chi connectivity index (χ0v) is 22.8. The number of amides is 1. The smallest absolute Gasteiger partial charge is 0.248 e. The molecule has 0 atom stereocenters. The van der Waals surface area contributed by atoms with E-state index in [0.717, 1.165) is 25.9 Å². The lowest BCUT2D eigenvalue weighted by Gasteiger charge is -2.41. The molecule has 0 bridgehead atoms. The Kier molecular flexibility index (Phi) is 8.30. The SMILES string of the molecule is Cc1noc(C=Cc2ccccc2F)c1S(=O)(=O)N1CCC(C(=O)N2CCC(N3CCCCC3)CC2)CC1. The highest BCUT2D eigenvalue weighted by atomic mass is 32.2. The Morgan fingerprint density at radius 3 is 2.34 bits per heavy atom. The Labute approximate surface area is 224 Å². The van der Waals surface area contributed by atoms with Gasteiger partial charge in [-0.2, -0.15) is 4.31 Å². The molecule has 1 aromatic carbocycles. The van der Waals surface area contributed by atoms with Gasteiger partial charge in [0.25, 0.3) is 0 Å². The van der Waals surface area contributed by atoms with E-state index in [-0.39, 0.29) is 41.3 Å². The van der Waals surface area contributed by atoms with Gasteiger partial charge in [0.05, 0.1) is 0 Å². The van der Waals surface area contributed by atoms with Crippen molar-refractivity contribution in [3.05, 3.63) is 47.1 Å². The predicted octanol–water partition coefficient (Wildman–Crippen LogP) is 4.17. The van der Waals surface area contributed by atoms with Crippen LogP contribution in [0.4, 0.5) is 4.39 Å². The van der Waals surface area contributed by atoms with E-state index in [9.17, 15) is 17.6 Å². The minimum Gasteiger partial charge on any atom is -0.355 e. The summed E-state index contributed by atoms with van der Waals surface area (Å²) in [6.45, 7) is 6.05. The van der Waals surface area contributed by atoms with Crippen LogP contribution < -0.4 is 0 Å². The molecule has 3 fully saturated rings. The molecular formula is C28H37FN4O4S. The van der Waals surface area contributed by atoms with Crippen LogP contribution in [0.5, 0.6) is 0 Å². The van der Waals surface area contributed by atoms with Gasteiger partial charge < -0.3 is 14.3 Å². The van der Waals surface area contributed by atoms with Crippen molar-refractivity contribution in [3.8, 4) is 0 Å². The molecule has 0 aliphatic carbocycles. The molecule has 3 saturated heterocycles. The highest BCUT2D eigenvalue weighted by molar-refractivity contribution is 7.89. The van der Waals surface area contributed by atoms with Crippen LogP contribution in [0.15, 0.2) is 33.7 Å². The topological polar surface area (TPSA) is 87.0 Å². The van der Waals surface area contributed by atoms with E-state index in [1.165, 1.54) is 54.9 Å². The number of nitrogens with zero attached hydrogens (tertiary/aromatic N) is 4. The van der Waals surface area contributed by atoms with Crippen molar-refractivity contribution in [1.29, 1.82) is 0 Å². The fourth-order valence-electron chi connectivity index (χ4n) is 6.04. The van der Waals surface area contributed by atoms with Crippen LogP contribution >= 0.6 is 0 Å². The predicted molar refractivity (Wildman–Crippen MR) is 143 cm³/mol. The molecule has 0 saturated carbocycles. The molecule has 0 unspecified atom stereocenters. The van der Waals surface area contributed by atoms with Gasteiger partial charge in [0.1, 0.15) is 11.5 Å². The van der Waals surface area contributed by atoms with Gasteiger partial charge in [-0.3, -0.25) is 4.79 Å². The van der Waals surface area contributed by atoms with Crippen LogP contribution in [0.2, 0.25) is 0 Å². The molecule has 0 radical (unpaired) electrons. The number of carbonyl (C=O) groups excluding carboxylic acids is 1. The standard InChI is InChI=1S/C28H37FN4O4S/c1-21-27(26(37-30-21)10-9-22-7-3-4-8-25(22)29)38(35,36)33-19-11-23(12-20-33)28(34)32-17-13-24(14-18-32)31-15-5-2-6-16-31/h3-4,7-10,23-24H,2,5-6,11-20H2,1H3. The van der Waals surface area contributed by atoms with Crippen molar-refractivity contribution in [1.82, 2.24) is 19.3 Å². The molecule has 1 aromatic heterocycles. The van der Waals surface area contributed by atoms with Gasteiger partial charge in [-0.05, 0) is 76.8 Å². The van der Waals surface area contributed by atoms with E-state index in [4.69, 9.17) is 4.52 Å². The van der Waals surface area contributed by atoms with Crippen molar-refractivity contribution < 1.29 is 22.1 Å². The van der Waals surface area contributed by atoms with Crippen LogP contribution in [0.3, 0.4) is 0 Å². The molecular weight excluding hydrogens is 507 g/mol. The average Bonchev–Trinajstić information content (AvgIpc) is 3.34. The number of aryl methyl sites for hydroxylation is 1. The van der Waals surface area contributed by atoms with E-state index < -0.39 is 15.8 Å². The summed E-state index contributed by atoms with van der Waals surface area (Å²) in [5.41, 5.74) is 0.581. The van der Waals surface area contributed by atoms with Gasteiger partial charge >= 0.3 is 0 Å². The number of hydrogen-bond acceptors (Lipinski definition) is 6. The summed E-state index contributed by atoms with van der Waals surface area (Å²) in [6, 6.07) is 6.81. The maximum atomic E-state index is 14.0. The summed E-state index contributed by atoms with van der Waals surface area (Å²) in [7, 11) is -3.89. The van der Waals surface area contributed by atoms with Crippen molar-refractivity contribution in [2.24, 2.45) is 5.92 Å². The number of halogens is 1. The van der Waals surface area contributed by atoms with Gasteiger partial charge in [-0.25, -0.2) is 12.8 Å². The molecule has 4 heterocycles. The fraction of sp³-hybridized carbons (Fsp3) is 0.571. The number of sulfonamides is 1. The number of benzene rings is 1. The Bertz CT molecular complexity index is 1260. The summed E-state index contributed by atoms with van der Waals surface area (Å²) in [5.74, 6) is -0.335. The van der Waals surface area contributed by atoms with Crippen molar-refractivity contribution in [3.63, 3.8) is 0 Å². The van der Waals surface area contributed by atoms with Crippen molar-refractivity contribution in [2.45, 2.75) is 62.8 Å². The quantitative estimate of drug-likeness (QED) is 0.543. The third kappa shape index (κ3) is 5.72. The second-order valence-electron chi connectivity index (χ2n) is 10.6. The molecule has 38 heavy (non-hydrogen) atoms. The lowest BCUT2D eigenvalue weighted by atomic mass is 9.94. The van der Waals surface area contributed by atoms with Crippen molar-refractivity contribution in [2.75, 3.05) is 39.3 Å². The molecule has 3 aliphatic heterocycles. The number of carbonyl (C=O) groups is 1. The lowest BCUT2D eigenvalue weighted by molar-refractivity contribution is -0.138. The highest BCUT2D eigenvalue weighted by Gasteiger charge is 2.38. The molecule has 206 valence electrons. The monoisotopic (exact) mass is 544 g/mol. The first-order valence-corrected chi connectivity index (χ1v) is 15.2. The molecule has 5 rings (SSSR count). The highest BCUT2D eigenvalue weighted by Crippen LogP contribution is 2.31. The summed E-state index contributed by atoms with van der Waals surface area (Å²) >= 11 is 0. The molecule has 0 spiro atoms. The summed E-state index contributed by atoms with van der Waals surface area (Å²) in [6.07, 6.45) is 9.83. The Hall–Kier alpha value is -2.56. The van der Waals surface area contributed by atoms with Gasteiger partial charge in [0, 0.05) is 43.7 Å². The maximum absolute atomic E-state index is 14.0. The molecule has 1 amide bonds. The van der Waals surface area contributed by atoms with Crippen LogP contribution in [-0.4, -0.2) is 78.9 Å². The summed E-state index contributed by atoms with van der Waals surface area (Å²) in [4.78, 5) is 17.8. The fourth-order valence-corrected chi connectivity index (χ4v) is 7.76. The third-order valence-electron chi connectivity index (χ3n) is 8.24. The normalized spacial score (nSPS) is 21.4. The van der Waals surface area contributed by atoms with E-state index in [2.05, 4.69) is 10.1 Å². The number of piperidine rings is 3. The minimum absolute atomic E-state index is 0.00495. The van der Waals surface area contributed by atoms with Crippen molar-refractivity contribution >= 4 is 28.1 Å². The Balaban J connectivity index is 1.19. The van der Waals surface area contributed by atoms with E-state index in [1.54, 1.807) is 25.1 Å². The average molecular weight is 545 g/mol. The number of aromatic nitrogens is 1. The van der Waals surface area contributed by atoms with E-state index >= 15 is 0 Å².